The van der Waals surface area contributed by atoms with Crippen LogP contribution in [0.15, 0.2) is 22.9 Å². The summed E-state index contributed by atoms with van der Waals surface area (Å²) in [6, 6.07) is 1.50. The highest BCUT2D eigenvalue weighted by Gasteiger charge is 2.32. The fraction of sp³-hybridized carbons (Fsp3) is 0.462. The topological polar surface area (TPSA) is 109 Å². The molecule has 0 aromatic carbocycles. The van der Waals surface area contributed by atoms with Gasteiger partial charge in [0.1, 0.15) is 16.3 Å². The van der Waals surface area contributed by atoms with Gasteiger partial charge in [-0.15, -0.1) is 0 Å². The maximum atomic E-state index is 11.7. The number of amides is 1. The lowest BCUT2D eigenvalue weighted by molar-refractivity contribution is -0.142. The van der Waals surface area contributed by atoms with E-state index in [1.54, 1.807) is 26.8 Å². The second kappa shape index (κ2) is 6.86. The minimum Gasteiger partial charge on any atom is -0.480 e. The Labute approximate surface area is 130 Å². The van der Waals surface area contributed by atoms with Crippen molar-refractivity contribution in [1.82, 2.24) is 10.3 Å². The first-order valence-electron chi connectivity index (χ1n) is 6.12. The van der Waals surface area contributed by atoms with Gasteiger partial charge in [0, 0.05) is 11.8 Å². The van der Waals surface area contributed by atoms with E-state index in [2.05, 4.69) is 26.2 Å². The smallest absolute Gasteiger partial charge is 0.408 e. The number of alkyl carbamates (subject to hydrolysis) is 1. The Hall–Kier alpha value is -1.67. The summed E-state index contributed by atoms with van der Waals surface area (Å²) in [4.78, 5) is 26.8. The van der Waals surface area contributed by atoms with Crippen LogP contribution in [-0.4, -0.2) is 38.9 Å². The van der Waals surface area contributed by atoms with E-state index in [4.69, 9.17) is 4.74 Å². The van der Waals surface area contributed by atoms with Crippen LogP contribution in [0.25, 0.3) is 0 Å². The number of carboxylic acid groups (broad SMARTS) is 1. The standard InChI is InChI=1S/C13H17BrN2O5/c1-13(2,3)21-12(20)16-8(11(18)19)9(17)7-5-4-6-15-10(7)14/h4-6,8-9,17H,1-3H3,(H,16,20)(H,18,19)/t8-,9+/m0/s1. The van der Waals surface area contributed by atoms with Crippen LogP contribution in [0.2, 0.25) is 0 Å². The molecular weight excluding hydrogens is 344 g/mol. The van der Waals surface area contributed by atoms with Gasteiger partial charge in [-0.05, 0) is 42.8 Å². The number of nitrogens with one attached hydrogen (secondary N) is 1. The number of nitrogens with zero attached hydrogens (tertiary/aromatic N) is 1. The highest BCUT2D eigenvalue weighted by Crippen LogP contribution is 2.24. The number of aliphatic carboxylic acids is 1. The number of rotatable bonds is 4. The van der Waals surface area contributed by atoms with E-state index in [9.17, 15) is 19.8 Å². The zero-order chi connectivity index (χ0) is 16.2. The Morgan fingerprint density at radius 3 is 2.52 bits per heavy atom. The molecule has 0 spiro atoms. The van der Waals surface area contributed by atoms with Gasteiger partial charge in [-0.25, -0.2) is 14.6 Å². The van der Waals surface area contributed by atoms with Crippen LogP contribution in [-0.2, 0) is 9.53 Å². The predicted octanol–water partition coefficient (Wildman–Crippen LogP) is 1.86. The third-order valence-corrected chi connectivity index (χ3v) is 3.02. The molecule has 0 aliphatic heterocycles. The van der Waals surface area contributed by atoms with Gasteiger partial charge in [-0.2, -0.15) is 0 Å². The highest BCUT2D eigenvalue weighted by molar-refractivity contribution is 9.10. The SMILES string of the molecule is CC(C)(C)OC(=O)N[C@H](C(=O)O)[C@H](O)c1cccnc1Br. The molecule has 21 heavy (non-hydrogen) atoms. The first kappa shape index (κ1) is 17.4. The van der Waals surface area contributed by atoms with Gasteiger partial charge in [-0.1, -0.05) is 6.07 Å². The van der Waals surface area contributed by atoms with Crippen LogP contribution in [0.4, 0.5) is 4.79 Å². The molecule has 0 saturated carbocycles. The van der Waals surface area contributed by atoms with Gasteiger partial charge in [0.15, 0.2) is 6.04 Å². The maximum Gasteiger partial charge on any atom is 0.408 e. The predicted molar refractivity (Wildman–Crippen MR) is 77.7 cm³/mol. The van der Waals surface area contributed by atoms with E-state index in [1.807, 2.05) is 0 Å². The summed E-state index contributed by atoms with van der Waals surface area (Å²) in [6.07, 6.45) is -0.913. The van der Waals surface area contributed by atoms with Gasteiger partial charge in [0.2, 0.25) is 0 Å². The normalized spacial score (nSPS) is 14.1. The number of carbonyl (C=O) groups is 2. The Bertz CT molecular complexity index is 530. The van der Waals surface area contributed by atoms with Crippen molar-refractivity contribution in [3.8, 4) is 0 Å². The summed E-state index contributed by atoms with van der Waals surface area (Å²) in [5.41, 5.74) is -0.520. The fourth-order valence-corrected chi connectivity index (χ4v) is 1.99. The molecule has 0 unspecified atom stereocenters. The minimum atomic E-state index is -1.56. The second-order valence-corrected chi connectivity index (χ2v) is 6.04. The summed E-state index contributed by atoms with van der Waals surface area (Å²) in [5, 5.41) is 21.5. The number of pyridine rings is 1. The molecule has 0 aliphatic carbocycles. The molecule has 1 heterocycles. The van der Waals surface area contributed by atoms with Crippen LogP contribution in [0.5, 0.6) is 0 Å². The minimum absolute atomic E-state index is 0.251. The quantitative estimate of drug-likeness (QED) is 0.707. The molecule has 7 nitrogen and oxygen atoms in total. The molecule has 116 valence electrons. The van der Waals surface area contributed by atoms with Crippen molar-refractivity contribution in [2.45, 2.75) is 38.5 Å². The van der Waals surface area contributed by atoms with E-state index >= 15 is 0 Å². The number of aliphatic hydroxyl groups is 1. The number of ether oxygens (including phenoxy) is 1. The second-order valence-electron chi connectivity index (χ2n) is 5.29. The molecule has 3 N–H and O–H groups in total. The number of aromatic nitrogens is 1. The average molecular weight is 361 g/mol. The van der Waals surface area contributed by atoms with E-state index in [0.717, 1.165) is 0 Å². The van der Waals surface area contributed by atoms with Crippen LogP contribution >= 0.6 is 15.9 Å². The zero-order valence-electron chi connectivity index (χ0n) is 11.8. The molecule has 0 saturated heterocycles. The Morgan fingerprint density at radius 2 is 2.05 bits per heavy atom. The fourth-order valence-electron chi connectivity index (χ4n) is 1.51. The number of hydrogen-bond acceptors (Lipinski definition) is 5. The van der Waals surface area contributed by atoms with Gasteiger partial charge >= 0.3 is 12.1 Å². The van der Waals surface area contributed by atoms with Crippen LogP contribution < -0.4 is 5.32 Å². The molecule has 1 aromatic heterocycles. The van der Waals surface area contributed by atoms with Crippen LogP contribution in [0.3, 0.4) is 0 Å². The highest BCUT2D eigenvalue weighted by atomic mass is 79.9. The molecule has 1 amide bonds. The first-order chi connectivity index (χ1) is 9.61. The summed E-state index contributed by atoms with van der Waals surface area (Å²) in [5.74, 6) is -1.39. The number of carboxylic acids is 1. The lowest BCUT2D eigenvalue weighted by Gasteiger charge is -2.24. The monoisotopic (exact) mass is 360 g/mol. The van der Waals surface area contributed by atoms with Crippen molar-refractivity contribution in [2.75, 3.05) is 0 Å². The van der Waals surface area contributed by atoms with E-state index in [0.29, 0.717) is 4.60 Å². The van der Waals surface area contributed by atoms with Gasteiger partial charge in [-0.3, -0.25) is 0 Å². The first-order valence-corrected chi connectivity index (χ1v) is 6.92. The van der Waals surface area contributed by atoms with E-state index in [1.165, 1.54) is 12.3 Å². The zero-order valence-corrected chi connectivity index (χ0v) is 13.4. The number of halogens is 1. The van der Waals surface area contributed by atoms with Gasteiger partial charge in [0.25, 0.3) is 0 Å². The third-order valence-electron chi connectivity index (χ3n) is 2.36. The van der Waals surface area contributed by atoms with Crippen molar-refractivity contribution in [2.24, 2.45) is 0 Å². The van der Waals surface area contributed by atoms with Crippen molar-refractivity contribution in [3.63, 3.8) is 0 Å². The lowest BCUT2D eigenvalue weighted by atomic mass is 10.0. The Balaban J connectivity index is 2.90. The molecule has 8 heteroatoms. The molecular formula is C13H17BrN2O5. The largest absolute Gasteiger partial charge is 0.480 e. The summed E-state index contributed by atoms with van der Waals surface area (Å²) in [7, 11) is 0. The molecule has 0 aliphatic rings. The summed E-state index contributed by atoms with van der Waals surface area (Å²) < 4.78 is 5.28. The van der Waals surface area contributed by atoms with Crippen molar-refractivity contribution < 1.29 is 24.5 Å². The van der Waals surface area contributed by atoms with E-state index in [-0.39, 0.29) is 5.56 Å². The molecule has 0 bridgehead atoms. The molecule has 1 aromatic rings. The molecule has 2 atom stereocenters. The van der Waals surface area contributed by atoms with Gasteiger partial charge < -0.3 is 20.3 Å². The Kier molecular flexibility index (Phi) is 5.68. The Morgan fingerprint density at radius 1 is 1.43 bits per heavy atom. The number of aliphatic hydroxyl groups excluding tert-OH is 1. The van der Waals surface area contributed by atoms with Crippen molar-refractivity contribution in [3.05, 3.63) is 28.5 Å². The summed E-state index contributed by atoms with van der Waals surface area (Å²) in [6.45, 7) is 4.95. The molecule has 1 rings (SSSR count). The van der Waals surface area contributed by atoms with Crippen LogP contribution in [0.1, 0.15) is 32.4 Å². The van der Waals surface area contributed by atoms with Crippen molar-refractivity contribution in [1.29, 1.82) is 0 Å². The number of carbonyl (C=O) groups excluding carboxylic acids is 1. The van der Waals surface area contributed by atoms with Crippen LogP contribution in [0, 0.1) is 0 Å². The maximum absolute atomic E-state index is 11.7. The average Bonchev–Trinajstić information content (AvgIpc) is 2.33. The van der Waals surface area contributed by atoms with E-state index < -0.39 is 29.8 Å². The lowest BCUT2D eigenvalue weighted by Crippen LogP contribution is -2.47. The summed E-state index contributed by atoms with van der Waals surface area (Å²) >= 11 is 3.12. The number of hydrogen-bond donors (Lipinski definition) is 3. The van der Waals surface area contributed by atoms with Gasteiger partial charge in [0.05, 0.1) is 0 Å². The molecule has 0 fully saturated rings. The third kappa shape index (κ3) is 5.31. The van der Waals surface area contributed by atoms with Crippen molar-refractivity contribution >= 4 is 28.0 Å². The molecule has 0 radical (unpaired) electrons.